The Morgan fingerprint density at radius 1 is 1.40 bits per heavy atom. The fourth-order valence-electron chi connectivity index (χ4n) is 2.69. The van der Waals surface area contributed by atoms with Gasteiger partial charge in [-0.3, -0.25) is 10.1 Å². The minimum atomic E-state index is -0.400. The molecule has 2 unspecified atom stereocenters. The summed E-state index contributed by atoms with van der Waals surface area (Å²) in [5.74, 6) is 0.238. The van der Waals surface area contributed by atoms with E-state index in [2.05, 4.69) is 5.32 Å². The van der Waals surface area contributed by atoms with Crippen LogP contribution in [0.2, 0.25) is 5.02 Å². The predicted octanol–water partition coefficient (Wildman–Crippen LogP) is 2.89. The first-order valence-electron chi connectivity index (χ1n) is 6.89. The first-order valence-corrected chi connectivity index (χ1v) is 7.27. The maximum absolute atomic E-state index is 10.9. The standard InChI is InChI=1S/C14H19ClN2O3/c15-12-5-6-13(17(19)20)11(7-12)9-16-8-10-3-1-2-4-14(10)18/h5-7,10,14,16,18H,1-4,8-9H2. The predicted molar refractivity (Wildman–Crippen MR) is 77.8 cm³/mol. The number of nitrogens with one attached hydrogen (secondary N) is 1. The number of aliphatic hydroxyl groups excluding tert-OH is 1. The smallest absolute Gasteiger partial charge is 0.273 e. The number of benzene rings is 1. The quantitative estimate of drug-likeness (QED) is 0.647. The second-order valence-electron chi connectivity index (χ2n) is 5.27. The number of nitro benzene ring substituents is 1. The molecular weight excluding hydrogens is 280 g/mol. The highest BCUT2D eigenvalue weighted by molar-refractivity contribution is 6.30. The third-order valence-electron chi connectivity index (χ3n) is 3.83. The van der Waals surface area contributed by atoms with Gasteiger partial charge in [0.1, 0.15) is 0 Å². The first kappa shape index (κ1) is 15.2. The molecule has 2 atom stereocenters. The van der Waals surface area contributed by atoms with E-state index >= 15 is 0 Å². The van der Waals surface area contributed by atoms with Crippen LogP contribution in [0.5, 0.6) is 0 Å². The first-order chi connectivity index (χ1) is 9.58. The summed E-state index contributed by atoms with van der Waals surface area (Å²) in [5, 5.41) is 24.5. The Balaban J connectivity index is 1.93. The van der Waals surface area contributed by atoms with Crippen LogP contribution in [-0.2, 0) is 6.54 Å². The summed E-state index contributed by atoms with van der Waals surface area (Å²) in [5.41, 5.74) is 0.652. The van der Waals surface area contributed by atoms with E-state index in [1.165, 1.54) is 12.1 Å². The van der Waals surface area contributed by atoms with Gasteiger partial charge in [0.25, 0.3) is 5.69 Å². The average molecular weight is 299 g/mol. The van der Waals surface area contributed by atoms with Gasteiger partial charge in [0.2, 0.25) is 0 Å². The molecule has 0 aromatic heterocycles. The molecule has 0 amide bonds. The second kappa shape index (κ2) is 7.02. The van der Waals surface area contributed by atoms with Crippen molar-refractivity contribution in [2.75, 3.05) is 6.54 Å². The Morgan fingerprint density at radius 2 is 2.15 bits per heavy atom. The Morgan fingerprint density at radius 3 is 2.85 bits per heavy atom. The van der Waals surface area contributed by atoms with E-state index in [1.807, 2.05) is 0 Å². The topological polar surface area (TPSA) is 75.4 Å². The molecule has 1 aliphatic carbocycles. The van der Waals surface area contributed by atoms with Gasteiger partial charge in [-0.05, 0) is 30.9 Å². The number of hydrogen-bond acceptors (Lipinski definition) is 4. The lowest BCUT2D eigenvalue weighted by Crippen LogP contribution is -2.33. The largest absolute Gasteiger partial charge is 0.393 e. The fraction of sp³-hybridized carbons (Fsp3) is 0.571. The van der Waals surface area contributed by atoms with E-state index in [-0.39, 0.29) is 17.7 Å². The second-order valence-corrected chi connectivity index (χ2v) is 5.71. The highest BCUT2D eigenvalue weighted by Gasteiger charge is 2.22. The van der Waals surface area contributed by atoms with Crippen molar-refractivity contribution in [1.82, 2.24) is 5.32 Å². The molecule has 1 saturated carbocycles. The van der Waals surface area contributed by atoms with Gasteiger partial charge in [-0.25, -0.2) is 0 Å². The van der Waals surface area contributed by atoms with E-state index in [0.29, 0.717) is 23.7 Å². The van der Waals surface area contributed by atoms with Gasteiger partial charge in [0.15, 0.2) is 0 Å². The Kier molecular flexibility index (Phi) is 5.34. The lowest BCUT2D eigenvalue weighted by Gasteiger charge is -2.27. The van der Waals surface area contributed by atoms with Gasteiger partial charge in [0, 0.05) is 29.7 Å². The van der Waals surface area contributed by atoms with Gasteiger partial charge in [-0.15, -0.1) is 0 Å². The van der Waals surface area contributed by atoms with Gasteiger partial charge < -0.3 is 10.4 Å². The van der Waals surface area contributed by atoms with E-state index in [4.69, 9.17) is 11.6 Å². The van der Waals surface area contributed by atoms with Gasteiger partial charge in [-0.1, -0.05) is 24.4 Å². The van der Waals surface area contributed by atoms with Crippen molar-refractivity contribution in [3.05, 3.63) is 38.9 Å². The van der Waals surface area contributed by atoms with Crippen molar-refractivity contribution >= 4 is 17.3 Å². The number of rotatable bonds is 5. The molecule has 5 nitrogen and oxygen atoms in total. The summed E-state index contributed by atoms with van der Waals surface area (Å²) in [6.07, 6.45) is 3.82. The van der Waals surface area contributed by atoms with E-state index in [1.54, 1.807) is 6.07 Å². The fourth-order valence-corrected chi connectivity index (χ4v) is 2.89. The van der Waals surface area contributed by atoms with Crippen molar-refractivity contribution in [3.8, 4) is 0 Å². The van der Waals surface area contributed by atoms with Crippen molar-refractivity contribution in [2.45, 2.75) is 38.3 Å². The summed E-state index contributed by atoms with van der Waals surface area (Å²) < 4.78 is 0. The molecule has 0 saturated heterocycles. The molecule has 0 radical (unpaired) electrons. The molecule has 20 heavy (non-hydrogen) atoms. The van der Waals surface area contributed by atoms with Gasteiger partial charge >= 0.3 is 0 Å². The van der Waals surface area contributed by atoms with Crippen molar-refractivity contribution in [3.63, 3.8) is 0 Å². The molecule has 0 spiro atoms. The van der Waals surface area contributed by atoms with E-state index in [0.717, 1.165) is 25.7 Å². The summed E-state index contributed by atoms with van der Waals surface area (Å²) in [6.45, 7) is 1.06. The van der Waals surface area contributed by atoms with Crippen molar-refractivity contribution in [2.24, 2.45) is 5.92 Å². The van der Waals surface area contributed by atoms with Crippen molar-refractivity contribution in [1.29, 1.82) is 0 Å². The molecule has 6 heteroatoms. The zero-order chi connectivity index (χ0) is 14.5. The third kappa shape index (κ3) is 3.91. The lowest BCUT2D eigenvalue weighted by molar-refractivity contribution is -0.385. The van der Waals surface area contributed by atoms with Gasteiger partial charge in [0.05, 0.1) is 11.0 Å². The normalized spacial score (nSPS) is 22.7. The van der Waals surface area contributed by atoms with E-state index < -0.39 is 4.92 Å². The Hall–Kier alpha value is -1.17. The average Bonchev–Trinajstić information content (AvgIpc) is 2.41. The Labute approximate surface area is 123 Å². The zero-order valence-electron chi connectivity index (χ0n) is 11.2. The van der Waals surface area contributed by atoms with Crippen LogP contribution in [0.1, 0.15) is 31.2 Å². The van der Waals surface area contributed by atoms with Crippen LogP contribution in [0.25, 0.3) is 0 Å². The monoisotopic (exact) mass is 298 g/mol. The third-order valence-corrected chi connectivity index (χ3v) is 4.06. The maximum Gasteiger partial charge on any atom is 0.273 e. The SMILES string of the molecule is O=[N+]([O-])c1ccc(Cl)cc1CNCC1CCCCC1O. The van der Waals surface area contributed by atoms with Crippen LogP contribution in [0.4, 0.5) is 5.69 Å². The summed E-state index contributed by atoms with van der Waals surface area (Å²) in [6, 6.07) is 4.56. The van der Waals surface area contributed by atoms with Crippen LogP contribution in [0.15, 0.2) is 18.2 Å². The molecule has 0 bridgehead atoms. The Bertz CT molecular complexity index is 481. The molecule has 110 valence electrons. The van der Waals surface area contributed by atoms with Crippen LogP contribution in [0, 0.1) is 16.0 Å². The number of aliphatic hydroxyl groups is 1. The highest BCUT2D eigenvalue weighted by atomic mass is 35.5. The molecule has 2 rings (SSSR count). The summed E-state index contributed by atoms with van der Waals surface area (Å²) >= 11 is 5.88. The van der Waals surface area contributed by atoms with Gasteiger partial charge in [-0.2, -0.15) is 0 Å². The van der Waals surface area contributed by atoms with Crippen molar-refractivity contribution < 1.29 is 10.0 Å². The van der Waals surface area contributed by atoms with E-state index in [9.17, 15) is 15.2 Å². The molecule has 1 aliphatic rings. The number of nitrogens with zero attached hydrogens (tertiary/aromatic N) is 1. The molecule has 1 fully saturated rings. The molecule has 1 aromatic rings. The molecule has 0 aliphatic heterocycles. The highest BCUT2D eigenvalue weighted by Crippen LogP contribution is 2.25. The molecular formula is C14H19ClN2O3. The minimum absolute atomic E-state index is 0.0751. The van der Waals surface area contributed by atoms with Crippen LogP contribution in [0.3, 0.4) is 0 Å². The van der Waals surface area contributed by atoms with Crippen LogP contribution < -0.4 is 5.32 Å². The molecule has 1 aromatic carbocycles. The van der Waals surface area contributed by atoms with Crippen LogP contribution >= 0.6 is 11.6 Å². The number of halogens is 1. The lowest BCUT2D eigenvalue weighted by atomic mass is 9.86. The molecule has 2 N–H and O–H groups in total. The summed E-state index contributed by atoms with van der Waals surface area (Å²) in [4.78, 5) is 10.5. The summed E-state index contributed by atoms with van der Waals surface area (Å²) in [7, 11) is 0. The van der Waals surface area contributed by atoms with Crippen LogP contribution in [-0.4, -0.2) is 22.7 Å². The number of hydrogen-bond donors (Lipinski definition) is 2. The zero-order valence-corrected chi connectivity index (χ0v) is 12.0. The minimum Gasteiger partial charge on any atom is -0.393 e. The number of nitro groups is 1. The maximum atomic E-state index is 10.9. The molecule has 0 heterocycles.